The first-order valence-electron chi connectivity index (χ1n) is 6.71. The van der Waals surface area contributed by atoms with Gasteiger partial charge in [0.2, 0.25) is 0 Å². The Morgan fingerprint density at radius 2 is 2.05 bits per heavy atom. The summed E-state index contributed by atoms with van der Waals surface area (Å²) in [6.45, 7) is 5.62. The Morgan fingerprint density at radius 1 is 1.25 bits per heavy atom. The molecular weight excluding hydrogens is 268 g/mol. The topological polar surface area (TPSA) is 42.7 Å². The van der Waals surface area contributed by atoms with Crippen LogP contribution in [0.25, 0.3) is 10.1 Å². The van der Waals surface area contributed by atoms with Crippen LogP contribution < -0.4 is 5.32 Å². The highest BCUT2D eigenvalue weighted by Gasteiger charge is 2.13. The molecule has 3 rings (SSSR count). The average molecular weight is 286 g/mol. The summed E-state index contributed by atoms with van der Waals surface area (Å²) in [4.78, 5) is 5.76. The number of aromatic nitrogens is 3. The number of hydrogen-bond acceptors (Lipinski definition) is 4. The van der Waals surface area contributed by atoms with Gasteiger partial charge < -0.3 is 5.32 Å². The van der Waals surface area contributed by atoms with E-state index >= 15 is 0 Å². The van der Waals surface area contributed by atoms with Crippen molar-refractivity contribution in [2.75, 3.05) is 7.05 Å². The molecule has 20 heavy (non-hydrogen) atoms. The highest BCUT2D eigenvalue weighted by molar-refractivity contribution is 7.19. The van der Waals surface area contributed by atoms with Gasteiger partial charge in [-0.25, -0.2) is 9.67 Å². The lowest BCUT2D eigenvalue weighted by atomic mass is 10.1. The van der Waals surface area contributed by atoms with Gasteiger partial charge in [-0.1, -0.05) is 18.2 Å². The van der Waals surface area contributed by atoms with Gasteiger partial charge in [-0.3, -0.25) is 0 Å². The number of nitrogens with zero attached hydrogens (tertiary/aromatic N) is 3. The summed E-state index contributed by atoms with van der Waals surface area (Å²) in [5, 5.41) is 9.07. The number of hydrogen-bond donors (Lipinski definition) is 1. The summed E-state index contributed by atoms with van der Waals surface area (Å²) in [5.41, 5.74) is 1.35. The van der Waals surface area contributed by atoms with Gasteiger partial charge in [-0.05, 0) is 37.9 Å². The maximum Gasteiger partial charge on any atom is 0.147 e. The van der Waals surface area contributed by atoms with Crippen molar-refractivity contribution in [2.24, 2.45) is 0 Å². The third-order valence-corrected chi connectivity index (χ3v) is 4.60. The Labute approximate surface area is 122 Å². The first-order valence-corrected chi connectivity index (χ1v) is 7.52. The zero-order valence-electron chi connectivity index (χ0n) is 12.0. The minimum atomic E-state index is 0.785. The summed E-state index contributed by atoms with van der Waals surface area (Å²) in [7, 11) is 1.99. The normalized spacial score (nSPS) is 11.3. The van der Waals surface area contributed by atoms with Crippen molar-refractivity contribution in [1.29, 1.82) is 0 Å². The van der Waals surface area contributed by atoms with E-state index in [2.05, 4.69) is 39.7 Å². The molecule has 0 aliphatic rings. The molecule has 0 unspecified atom stereocenters. The molecule has 1 N–H and O–H groups in total. The van der Waals surface area contributed by atoms with Gasteiger partial charge in [0.25, 0.3) is 0 Å². The van der Waals surface area contributed by atoms with E-state index in [1.807, 2.05) is 36.9 Å². The summed E-state index contributed by atoms with van der Waals surface area (Å²) in [6, 6.07) is 8.57. The number of benzene rings is 1. The predicted molar refractivity (Wildman–Crippen MR) is 83.2 cm³/mol. The molecule has 0 saturated carbocycles. The van der Waals surface area contributed by atoms with E-state index in [1.165, 1.54) is 20.5 Å². The zero-order valence-corrected chi connectivity index (χ0v) is 12.8. The van der Waals surface area contributed by atoms with E-state index in [1.54, 1.807) is 0 Å². The van der Waals surface area contributed by atoms with Crippen LogP contribution in [0.15, 0.2) is 24.3 Å². The summed E-state index contributed by atoms with van der Waals surface area (Å²) in [6.07, 6.45) is 0. The van der Waals surface area contributed by atoms with E-state index in [0.717, 1.165) is 24.7 Å². The third kappa shape index (κ3) is 2.34. The lowest BCUT2D eigenvalue weighted by molar-refractivity contribution is 0.653. The van der Waals surface area contributed by atoms with Crippen LogP contribution in [0, 0.1) is 13.8 Å². The maximum absolute atomic E-state index is 4.48. The Kier molecular flexibility index (Phi) is 3.54. The number of nitrogens with one attached hydrogen (secondary N) is 1. The Hall–Kier alpha value is -1.72. The highest BCUT2D eigenvalue weighted by atomic mass is 32.1. The van der Waals surface area contributed by atoms with Crippen molar-refractivity contribution in [3.63, 3.8) is 0 Å². The molecule has 0 saturated heterocycles. The zero-order chi connectivity index (χ0) is 14.1. The molecule has 2 heterocycles. The Bertz CT molecular complexity index is 741. The van der Waals surface area contributed by atoms with Crippen LogP contribution >= 0.6 is 11.3 Å². The fourth-order valence-electron chi connectivity index (χ4n) is 2.49. The van der Waals surface area contributed by atoms with E-state index in [4.69, 9.17) is 0 Å². The molecule has 0 fully saturated rings. The Morgan fingerprint density at radius 3 is 2.75 bits per heavy atom. The molecule has 0 aliphatic carbocycles. The molecule has 0 radical (unpaired) electrons. The quantitative estimate of drug-likeness (QED) is 0.802. The summed E-state index contributed by atoms with van der Waals surface area (Å²) in [5.74, 6) is 1.80. The highest BCUT2D eigenvalue weighted by Crippen LogP contribution is 2.31. The van der Waals surface area contributed by atoms with Gasteiger partial charge in [-0.15, -0.1) is 11.3 Å². The van der Waals surface area contributed by atoms with Crippen LogP contribution in [-0.4, -0.2) is 21.8 Å². The molecule has 3 aromatic rings. The van der Waals surface area contributed by atoms with Crippen LogP contribution in [0.3, 0.4) is 0 Å². The SMILES string of the molecule is CNCc1sc2ccccc2c1Cn1nc(C)nc1C. The second kappa shape index (κ2) is 5.34. The fraction of sp³-hybridized carbons (Fsp3) is 0.333. The van der Waals surface area contributed by atoms with Crippen LogP contribution in [0.5, 0.6) is 0 Å². The van der Waals surface area contributed by atoms with Crippen molar-refractivity contribution in [3.8, 4) is 0 Å². The largest absolute Gasteiger partial charge is 0.315 e. The molecule has 104 valence electrons. The predicted octanol–water partition coefficient (Wildman–Crippen LogP) is 2.88. The van der Waals surface area contributed by atoms with Crippen LogP contribution in [-0.2, 0) is 13.1 Å². The molecule has 1 aromatic carbocycles. The standard InChI is InChI=1S/C15H18N4S/c1-10-17-11(2)19(18-10)9-13-12-6-4-5-7-14(12)20-15(13)8-16-3/h4-7,16H,8-9H2,1-3H3. The van der Waals surface area contributed by atoms with Gasteiger partial charge in [-0.2, -0.15) is 5.10 Å². The van der Waals surface area contributed by atoms with Crippen molar-refractivity contribution >= 4 is 21.4 Å². The minimum Gasteiger partial charge on any atom is -0.315 e. The average Bonchev–Trinajstić information content (AvgIpc) is 2.92. The second-order valence-corrected chi connectivity index (χ2v) is 6.03. The molecule has 0 bridgehead atoms. The Balaban J connectivity index is 2.08. The molecular formula is C15H18N4S. The molecule has 0 aliphatic heterocycles. The maximum atomic E-state index is 4.48. The van der Waals surface area contributed by atoms with Crippen LogP contribution in [0.4, 0.5) is 0 Å². The number of rotatable bonds is 4. The first-order chi connectivity index (χ1) is 9.69. The van der Waals surface area contributed by atoms with Gasteiger partial charge in [0.05, 0.1) is 6.54 Å². The third-order valence-electron chi connectivity index (χ3n) is 3.39. The van der Waals surface area contributed by atoms with Gasteiger partial charge in [0.1, 0.15) is 11.6 Å². The first kappa shape index (κ1) is 13.3. The van der Waals surface area contributed by atoms with Crippen molar-refractivity contribution in [2.45, 2.75) is 26.9 Å². The smallest absolute Gasteiger partial charge is 0.147 e. The van der Waals surface area contributed by atoms with E-state index in [-0.39, 0.29) is 0 Å². The van der Waals surface area contributed by atoms with Crippen molar-refractivity contribution in [1.82, 2.24) is 20.1 Å². The van der Waals surface area contributed by atoms with Crippen molar-refractivity contribution in [3.05, 3.63) is 46.4 Å². The number of aryl methyl sites for hydroxylation is 2. The number of thiophene rings is 1. The van der Waals surface area contributed by atoms with Crippen molar-refractivity contribution < 1.29 is 0 Å². The van der Waals surface area contributed by atoms with E-state index in [9.17, 15) is 0 Å². The molecule has 4 nitrogen and oxygen atoms in total. The second-order valence-electron chi connectivity index (χ2n) is 4.89. The van der Waals surface area contributed by atoms with Gasteiger partial charge >= 0.3 is 0 Å². The molecule has 0 spiro atoms. The molecule has 0 atom stereocenters. The molecule has 5 heteroatoms. The lowest BCUT2D eigenvalue weighted by Crippen LogP contribution is -2.09. The van der Waals surface area contributed by atoms with Gasteiger partial charge in [0.15, 0.2) is 0 Å². The van der Waals surface area contributed by atoms with E-state index < -0.39 is 0 Å². The summed E-state index contributed by atoms with van der Waals surface area (Å²) < 4.78 is 3.32. The van der Waals surface area contributed by atoms with Crippen LogP contribution in [0.1, 0.15) is 22.1 Å². The fourth-order valence-corrected chi connectivity index (χ4v) is 3.71. The molecule has 2 aromatic heterocycles. The molecule has 0 amide bonds. The lowest BCUT2D eigenvalue weighted by Gasteiger charge is -2.06. The van der Waals surface area contributed by atoms with Gasteiger partial charge in [0, 0.05) is 16.1 Å². The number of fused-ring (bicyclic) bond motifs is 1. The summed E-state index contributed by atoms with van der Waals surface area (Å²) >= 11 is 1.86. The minimum absolute atomic E-state index is 0.785. The monoisotopic (exact) mass is 286 g/mol. The van der Waals surface area contributed by atoms with Crippen LogP contribution in [0.2, 0.25) is 0 Å². The van der Waals surface area contributed by atoms with E-state index in [0.29, 0.717) is 0 Å².